The Hall–Kier alpha value is -1.51. The van der Waals surface area contributed by atoms with E-state index in [1.54, 1.807) is 20.3 Å². The number of benzene rings is 1. The van der Waals surface area contributed by atoms with Crippen molar-refractivity contribution in [2.45, 2.75) is 25.2 Å². The van der Waals surface area contributed by atoms with E-state index in [1.165, 1.54) is 0 Å². The summed E-state index contributed by atoms with van der Waals surface area (Å²) in [7, 11) is 3.24. The van der Waals surface area contributed by atoms with E-state index in [1.807, 2.05) is 6.07 Å². The number of carbonyl (C=O) groups excluding carboxylic acids is 1. The Morgan fingerprint density at radius 3 is 2.38 bits per heavy atom. The molecule has 0 N–H and O–H groups in total. The van der Waals surface area contributed by atoms with Gasteiger partial charge in [0.1, 0.15) is 11.5 Å². The molecule has 0 saturated heterocycles. The van der Waals surface area contributed by atoms with E-state index in [2.05, 4.69) is 6.92 Å². The van der Waals surface area contributed by atoms with Gasteiger partial charge in [0.15, 0.2) is 6.29 Å². The lowest BCUT2D eigenvalue weighted by molar-refractivity contribution is 0.112. The van der Waals surface area contributed by atoms with E-state index < -0.39 is 0 Å². The molecule has 0 aliphatic heterocycles. The van der Waals surface area contributed by atoms with Crippen LogP contribution in [0, 0.1) is 0 Å². The summed E-state index contributed by atoms with van der Waals surface area (Å²) in [4.78, 5) is 11.0. The highest BCUT2D eigenvalue weighted by Crippen LogP contribution is 2.54. The molecule has 86 valence electrons. The molecule has 0 heterocycles. The van der Waals surface area contributed by atoms with Crippen molar-refractivity contribution in [1.29, 1.82) is 0 Å². The third-order valence-electron chi connectivity index (χ3n) is 3.30. The average Bonchev–Trinajstić information content (AvgIpc) is 3.06. The SMILES string of the molecule is COc1ccc(C=O)c(OC)c1C1(C)CC1. The molecule has 0 bridgehead atoms. The van der Waals surface area contributed by atoms with Crippen LogP contribution in [-0.2, 0) is 5.41 Å². The minimum Gasteiger partial charge on any atom is -0.496 e. The van der Waals surface area contributed by atoms with Crippen molar-refractivity contribution in [2.24, 2.45) is 0 Å². The lowest BCUT2D eigenvalue weighted by Gasteiger charge is -2.19. The molecule has 0 radical (unpaired) electrons. The topological polar surface area (TPSA) is 35.5 Å². The summed E-state index contributed by atoms with van der Waals surface area (Å²) in [6, 6.07) is 3.57. The Bertz CT molecular complexity index is 419. The predicted octanol–water partition coefficient (Wildman–Crippen LogP) is 2.57. The number of rotatable bonds is 4. The van der Waals surface area contributed by atoms with E-state index in [9.17, 15) is 4.79 Å². The summed E-state index contributed by atoms with van der Waals surface area (Å²) >= 11 is 0. The molecule has 0 atom stereocenters. The monoisotopic (exact) mass is 220 g/mol. The predicted molar refractivity (Wildman–Crippen MR) is 61.5 cm³/mol. The Morgan fingerprint density at radius 2 is 1.94 bits per heavy atom. The van der Waals surface area contributed by atoms with Gasteiger partial charge in [0.25, 0.3) is 0 Å². The van der Waals surface area contributed by atoms with Crippen LogP contribution in [0.25, 0.3) is 0 Å². The van der Waals surface area contributed by atoms with Crippen LogP contribution in [0.5, 0.6) is 11.5 Å². The Kier molecular flexibility index (Phi) is 2.62. The smallest absolute Gasteiger partial charge is 0.153 e. The molecule has 1 aromatic rings. The molecule has 1 fully saturated rings. The molecule has 16 heavy (non-hydrogen) atoms. The second-order valence-electron chi connectivity index (χ2n) is 4.44. The second-order valence-corrected chi connectivity index (χ2v) is 4.44. The number of aldehydes is 1. The van der Waals surface area contributed by atoms with Crippen LogP contribution in [0.2, 0.25) is 0 Å². The number of methoxy groups -OCH3 is 2. The molecular weight excluding hydrogens is 204 g/mol. The van der Waals surface area contributed by atoms with E-state index in [0.29, 0.717) is 11.3 Å². The number of hydrogen-bond donors (Lipinski definition) is 0. The van der Waals surface area contributed by atoms with E-state index >= 15 is 0 Å². The summed E-state index contributed by atoms with van der Waals surface area (Å²) in [6.45, 7) is 2.17. The van der Waals surface area contributed by atoms with E-state index in [-0.39, 0.29) is 5.41 Å². The highest BCUT2D eigenvalue weighted by molar-refractivity contribution is 5.82. The molecule has 3 nitrogen and oxygen atoms in total. The summed E-state index contributed by atoms with van der Waals surface area (Å²) in [5.41, 5.74) is 1.73. The van der Waals surface area contributed by atoms with Gasteiger partial charge in [-0.2, -0.15) is 0 Å². The molecule has 0 unspecified atom stereocenters. The van der Waals surface area contributed by atoms with Gasteiger partial charge in [0.2, 0.25) is 0 Å². The summed E-state index contributed by atoms with van der Waals surface area (Å²) in [5.74, 6) is 1.47. The van der Waals surface area contributed by atoms with Crippen molar-refractivity contribution < 1.29 is 14.3 Å². The van der Waals surface area contributed by atoms with Crippen LogP contribution in [-0.4, -0.2) is 20.5 Å². The van der Waals surface area contributed by atoms with Gasteiger partial charge in [-0.15, -0.1) is 0 Å². The molecule has 0 amide bonds. The maximum Gasteiger partial charge on any atom is 0.153 e. The van der Waals surface area contributed by atoms with Gasteiger partial charge in [0.05, 0.1) is 19.8 Å². The minimum absolute atomic E-state index is 0.107. The van der Waals surface area contributed by atoms with Crippen molar-refractivity contribution in [1.82, 2.24) is 0 Å². The average molecular weight is 220 g/mol. The highest BCUT2D eigenvalue weighted by atomic mass is 16.5. The molecule has 3 heteroatoms. The third-order valence-corrected chi connectivity index (χ3v) is 3.30. The van der Waals surface area contributed by atoms with Gasteiger partial charge in [0, 0.05) is 5.56 Å². The first kappa shape index (κ1) is 11.0. The third kappa shape index (κ3) is 1.56. The van der Waals surface area contributed by atoms with Gasteiger partial charge in [-0.3, -0.25) is 4.79 Å². The molecule has 1 aliphatic carbocycles. The number of hydrogen-bond acceptors (Lipinski definition) is 3. The summed E-state index contributed by atoms with van der Waals surface area (Å²) < 4.78 is 10.7. The van der Waals surface area contributed by atoms with Crippen molar-refractivity contribution in [3.63, 3.8) is 0 Å². The van der Waals surface area contributed by atoms with Gasteiger partial charge in [-0.25, -0.2) is 0 Å². The van der Waals surface area contributed by atoms with Crippen molar-refractivity contribution in [3.05, 3.63) is 23.3 Å². The van der Waals surface area contributed by atoms with Crippen molar-refractivity contribution >= 4 is 6.29 Å². The molecule has 1 aromatic carbocycles. The first-order chi connectivity index (χ1) is 7.66. The zero-order chi connectivity index (χ0) is 11.8. The Labute approximate surface area is 95.4 Å². The van der Waals surface area contributed by atoms with Crippen LogP contribution in [0.4, 0.5) is 0 Å². The second kappa shape index (κ2) is 3.81. The lowest BCUT2D eigenvalue weighted by Crippen LogP contribution is -2.08. The molecule has 1 aliphatic rings. The standard InChI is InChI=1S/C13H16O3/c1-13(6-7-13)11-10(15-2)5-4-9(8-14)12(11)16-3/h4-5,8H,6-7H2,1-3H3. The number of ether oxygens (including phenoxy) is 2. The zero-order valence-corrected chi connectivity index (χ0v) is 9.87. The van der Waals surface area contributed by atoms with Gasteiger partial charge < -0.3 is 9.47 Å². The molecule has 1 saturated carbocycles. The van der Waals surface area contributed by atoms with Crippen LogP contribution in [0.15, 0.2) is 12.1 Å². The lowest BCUT2D eigenvalue weighted by atomic mass is 9.94. The van der Waals surface area contributed by atoms with Gasteiger partial charge >= 0.3 is 0 Å². The van der Waals surface area contributed by atoms with Crippen LogP contribution >= 0.6 is 0 Å². The zero-order valence-electron chi connectivity index (χ0n) is 9.87. The highest BCUT2D eigenvalue weighted by Gasteiger charge is 2.44. The summed E-state index contributed by atoms with van der Waals surface area (Å²) in [6.07, 6.45) is 3.05. The van der Waals surface area contributed by atoms with Gasteiger partial charge in [-0.1, -0.05) is 6.92 Å². The maximum absolute atomic E-state index is 11.0. The fourth-order valence-electron chi connectivity index (χ4n) is 2.07. The molecular formula is C13H16O3. The fourth-order valence-corrected chi connectivity index (χ4v) is 2.07. The van der Waals surface area contributed by atoms with Crippen LogP contribution < -0.4 is 9.47 Å². The van der Waals surface area contributed by atoms with Crippen molar-refractivity contribution in [2.75, 3.05) is 14.2 Å². The quantitative estimate of drug-likeness (QED) is 0.731. The fraction of sp³-hybridized carbons (Fsp3) is 0.462. The van der Waals surface area contributed by atoms with Gasteiger partial charge in [-0.05, 0) is 30.4 Å². The largest absolute Gasteiger partial charge is 0.496 e. The van der Waals surface area contributed by atoms with Crippen LogP contribution in [0.3, 0.4) is 0 Å². The first-order valence-corrected chi connectivity index (χ1v) is 5.37. The molecule has 2 rings (SSSR count). The first-order valence-electron chi connectivity index (χ1n) is 5.37. The minimum atomic E-state index is 0.107. The summed E-state index contributed by atoms with van der Waals surface area (Å²) in [5, 5.41) is 0. The molecule has 0 aromatic heterocycles. The van der Waals surface area contributed by atoms with E-state index in [4.69, 9.17) is 9.47 Å². The van der Waals surface area contributed by atoms with E-state index in [0.717, 1.165) is 30.4 Å². The number of carbonyl (C=O) groups is 1. The van der Waals surface area contributed by atoms with Crippen LogP contribution in [0.1, 0.15) is 35.7 Å². The van der Waals surface area contributed by atoms with Crippen molar-refractivity contribution in [3.8, 4) is 11.5 Å². The Morgan fingerprint density at radius 1 is 1.25 bits per heavy atom. The molecule has 0 spiro atoms. The Balaban J connectivity index is 2.64. The maximum atomic E-state index is 11.0. The normalized spacial score (nSPS) is 16.7.